The number of carbonyl (C=O) groups is 1. The van der Waals surface area contributed by atoms with E-state index in [0.717, 1.165) is 68.7 Å². The number of fused-ring (bicyclic) bond motifs is 3. The Hall–Kier alpha value is -5.32. The van der Waals surface area contributed by atoms with Crippen molar-refractivity contribution in [1.29, 1.82) is 0 Å². The number of hydrogen-bond acceptors (Lipinski definition) is 8. The molecular weight excluding hydrogens is 702 g/mol. The number of aromatic nitrogens is 3. The van der Waals surface area contributed by atoms with Crippen LogP contribution in [0.3, 0.4) is 0 Å². The zero-order valence-corrected chi connectivity index (χ0v) is 32.2. The van der Waals surface area contributed by atoms with E-state index in [2.05, 4.69) is 11.4 Å². The van der Waals surface area contributed by atoms with Crippen molar-refractivity contribution >= 4 is 39.5 Å². The molecule has 7 rings (SSSR count). The van der Waals surface area contributed by atoms with Gasteiger partial charge in [0.2, 0.25) is 0 Å². The number of amides is 1. The van der Waals surface area contributed by atoms with Crippen molar-refractivity contribution in [2.75, 3.05) is 27.3 Å². The number of likely N-dealkylation sites (tertiary alicyclic amines) is 1. The fourth-order valence-corrected chi connectivity index (χ4v) is 7.21. The van der Waals surface area contributed by atoms with Crippen molar-refractivity contribution in [2.24, 2.45) is 5.92 Å². The molecular formula is C43H46ClN5O5. The summed E-state index contributed by atoms with van der Waals surface area (Å²) in [7, 11) is 3.27. The van der Waals surface area contributed by atoms with Gasteiger partial charge in [0.1, 0.15) is 17.1 Å². The van der Waals surface area contributed by atoms with Crippen LogP contribution in [0.4, 0.5) is 4.79 Å². The Labute approximate surface area is 320 Å². The third-order valence-electron chi connectivity index (χ3n) is 9.59. The average Bonchev–Trinajstić information content (AvgIpc) is 3.50. The highest BCUT2D eigenvalue weighted by molar-refractivity contribution is 6.33. The first kappa shape index (κ1) is 37.0. The van der Waals surface area contributed by atoms with E-state index < -0.39 is 5.60 Å². The highest BCUT2D eigenvalue weighted by atomic mass is 35.5. The van der Waals surface area contributed by atoms with E-state index in [9.17, 15) is 4.79 Å². The van der Waals surface area contributed by atoms with Crippen LogP contribution in [0.1, 0.15) is 44.9 Å². The van der Waals surface area contributed by atoms with Crippen LogP contribution in [0.5, 0.6) is 23.0 Å². The Morgan fingerprint density at radius 1 is 0.852 bits per heavy atom. The molecule has 1 amide bonds. The molecule has 0 aliphatic carbocycles. The first-order valence-corrected chi connectivity index (χ1v) is 18.7. The number of carbonyl (C=O) groups excluding carboxylic acids is 1. The topological polar surface area (TPSA) is 100.0 Å². The van der Waals surface area contributed by atoms with Crippen LogP contribution in [0.25, 0.3) is 33.1 Å². The fourth-order valence-electron chi connectivity index (χ4n) is 6.99. The molecule has 0 saturated carbocycles. The molecule has 0 atom stereocenters. The van der Waals surface area contributed by atoms with Gasteiger partial charge in [0.15, 0.2) is 17.1 Å². The van der Waals surface area contributed by atoms with E-state index in [1.807, 2.05) is 110 Å². The third kappa shape index (κ3) is 8.25. The fraction of sp³-hybridized carbons (Fsp3) is 0.326. The molecule has 1 fully saturated rings. The summed E-state index contributed by atoms with van der Waals surface area (Å²) < 4.78 is 25.3. The van der Waals surface area contributed by atoms with Gasteiger partial charge in [0.25, 0.3) is 0 Å². The maximum absolute atomic E-state index is 12.8. The molecule has 4 aromatic carbocycles. The molecule has 54 heavy (non-hydrogen) atoms. The number of piperidine rings is 1. The molecule has 1 saturated heterocycles. The zero-order chi connectivity index (χ0) is 37.8. The number of benzene rings is 4. The first-order chi connectivity index (χ1) is 26.1. The van der Waals surface area contributed by atoms with E-state index in [-0.39, 0.29) is 12.0 Å². The summed E-state index contributed by atoms with van der Waals surface area (Å²) in [5, 5.41) is 12.2. The summed E-state index contributed by atoms with van der Waals surface area (Å²) >= 11 is 6.83. The first-order valence-electron chi connectivity index (χ1n) is 18.3. The molecule has 1 aliphatic rings. The van der Waals surface area contributed by atoms with Crippen molar-refractivity contribution in [1.82, 2.24) is 25.0 Å². The van der Waals surface area contributed by atoms with Gasteiger partial charge in [-0.2, -0.15) is 5.10 Å². The van der Waals surface area contributed by atoms with Gasteiger partial charge in [0.05, 0.1) is 31.0 Å². The highest BCUT2D eigenvalue weighted by Gasteiger charge is 2.29. The summed E-state index contributed by atoms with van der Waals surface area (Å²) in [4.78, 5) is 20.0. The van der Waals surface area contributed by atoms with Gasteiger partial charge in [-0.1, -0.05) is 60.1 Å². The van der Waals surface area contributed by atoms with Crippen LogP contribution in [-0.4, -0.2) is 58.7 Å². The number of rotatable bonds is 11. The molecule has 1 N–H and O–H groups in total. The van der Waals surface area contributed by atoms with Crippen molar-refractivity contribution in [2.45, 2.75) is 58.8 Å². The monoisotopic (exact) mass is 747 g/mol. The summed E-state index contributed by atoms with van der Waals surface area (Å²) in [5.74, 6) is 3.06. The average molecular weight is 748 g/mol. The Kier molecular flexibility index (Phi) is 10.9. The van der Waals surface area contributed by atoms with Crippen LogP contribution >= 0.6 is 11.6 Å². The number of nitrogens with one attached hydrogen (secondary N) is 1. The second kappa shape index (κ2) is 16.0. The number of hydrogen-bond donors (Lipinski definition) is 1. The molecule has 6 aromatic rings. The van der Waals surface area contributed by atoms with Crippen molar-refractivity contribution in [3.05, 3.63) is 107 Å². The Bertz CT molecular complexity index is 2260. The quantitative estimate of drug-likeness (QED) is 0.140. The number of nitrogens with zero attached hydrogens (tertiary/aromatic N) is 4. The van der Waals surface area contributed by atoms with E-state index in [4.69, 9.17) is 40.6 Å². The van der Waals surface area contributed by atoms with Gasteiger partial charge in [0, 0.05) is 54.1 Å². The summed E-state index contributed by atoms with van der Waals surface area (Å²) in [6.45, 7) is 8.66. The van der Waals surface area contributed by atoms with Crippen LogP contribution in [0.15, 0.2) is 91.0 Å². The normalized spacial score (nSPS) is 13.7. The molecule has 1 aliphatic heterocycles. The molecule has 0 bridgehead atoms. The Balaban J connectivity index is 1.24. The summed E-state index contributed by atoms with van der Waals surface area (Å²) in [5.41, 5.74) is 3.72. The van der Waals surface area contributed by atoms with Crippen molar-refractivity contribution in [3.63, 3.8) is 0 Å². The van der Waals surface area contributed by atoms with Crippen molar-refractivity contribution < 1.29 is 23.7 Å². The van der Waals surface area contributed by atoms with Gasteiger partial charge in [-0.15, -0.1) is 0 Å². The lowest BCUT2D eigenvalue weighted by atomic mass is 9.97. The minimum atomic E-state index is -0.536. The second-order valence-corrected chi connectivity index (χ2v) is 15.0. The molecule has 2 aromatic heterocycles. The van der Waals surface area contributed by atoms with Crippen LogP contribution in [0, 0.1) is 5.92 Å². The van der Waals surface area contributed by atoms with Gasteiger partial charge in [-0.05, 0) is 87.6 Å². The Morgan fingerprint density at radius 2 is 1.54 bits per heavy atom. The minimum absolute atomic E-state index is 0.266. The van der Waals surface area contributed by atoms with Crippen LogP contribution in [-0.2, 0) is 24.4 Å². The van der Waals surface area contributed by atoms with Gasteiger partial charge in [-0.3, -0.25) is 0 Å². The molecule has 0 spiro atoms. The molecule has 280 valence electrons. The highest BCUT2D eigenvalue weighted by Crippen LogP contribution is 2.42. The number of ether oxygens (including phenoxy) is 4. The zero-order valence-electron chi connectivity index (χ0n) is 31.4. The standard InChI is InChI=1S/C43H46ClN5O5/c1-43(2,3)54-42(50)48-20-18-28(19-21-48)27-49-41-39(36(47-49)26-45-25-29-12-11-15-31(22-29)53-30-13-7-6-8-14-30)33-23-37(51-4)38(52-5)24-34(33)40(46-41)32-16-9-10-17-35(32)44/h6-17,22-24,28,45H,18-21,25-27H2,1-5H3. The predicted molar refractivity (Wildman–Crippen MR) is 213 cm³/mol. The summed E-state index contributed by atoms with van der Waals surface area (Å²) in [6, 6.07) is 29.6. The molecule has 0 radical (unpaired) electrons. The predicted octanol–water partition coefficient (Wildman–Crippen LogP) is 9.65. The molecule has 0 unspecified atom stereocenters. The number of halogens is 1. The number of methoxy groups -OCH3 is 2. The summed E-state index contributed by atoms with van der Waals surface area (Å²) in [6.07, 6.45) is 1.38. The lowest BCUT2D eigenvalue weighted by Crippen LogP contribution is -2.42. The van der Waals surface area contributed by atoms with Crippen molar-refractivity contribution in [3.8, 4) is 34.3 Å². The molecule has 10 nitrogen and oxygen atoms in total. The SMILES string of the molecule is COc1cc2c(-c3ccccc3Cl)nc3c(c(CNCc4cccc(Oc5ccccc5)c4)nn3CC3CCN(C(=O)OC(C)(C)C)CC3)c2cc1OC. The largest absolute Gasteiger partial charge is 0.493 e. The lowest BCUT2D eigenvalue weighted by molar-refractivity contribution is 0.0177. The Morgan fingerprint density at radius 3 is 2.24 bits per heavy atom. The minimum Gasteiger partial charge on any atom is -0.493 e. The van der Waals surface area contributed by atoms with E-state index >= 15 is 0 Å². The van der Waals surface area contributed by atoms with Gasteiger partial charge < -0.3 is 29.2 Å². The lowest BCUT2D eigenvalue weighted by Gasteiger charge is -2.33. The van der Waals surface area contributed by atoms with E-state index in [1.165, 1.54) is 0 Å². The van der Waals surface area contributed by atoms with Crippen LogP contribution in [0.2, 0.25) is 5.02 Å². The number of para-hydroxylation sites is 1. The van der Waals surface area contributed by atoms with Gasteiger partial charge >= 0.3 is 6.09 Å². The smallest absolute Gasteiger partial charge is 0.410 e. The van der Waals surface area contributed by atoms with E-state index in [1.54, 1.807) is 19.1 Å². The molecule has 11 heteroatoms. The molecule has 3 heterocycles. The maximum atomic E-state index is 12.8. The maximum Gasteiger partial charge on any atom is 0.410 e. The number of pyridine rings is 1. The van der Waals surface area contributed by atoms with Gasteiger partial charge in [-0.25, -0.2) is 14.5 Å². The van der Waals surface area contributed by atoms with E-state index in [0.29, 0.717) is 49.2 Å². The second-order valence-electron chi connectivity index (χ2n) is 14.6. The third-order valence-corrected chi connectivity index (χ3v) is 9.92. The van der Waals surface area contributed by atoms with Crippen LogP contribution < -0.4 is 19.5 Å².